The van der Waals surface area contributed by atoms with E-state index < -0.39 is 11.9 Å². The first-order valence-electron chi connectivity index (χ1n) is 9.78. The highest BCUT2D eigenvalue weighted by molar-refractivity contribution is 6.17. The van der Waals surface area contributed by atoms with E-state index in [0.29, 0.717) is 19.1 Å². The Bertz CT molecular complexity index is 356. The Balaban J connectivity index is 3.45. The standard InChI is InChI=1S/C20H35ClO4/c1-2-3-4-5-6-7-9-12-17-24-19(22)14-15-20(23)25-18-13-10-8-11-16-21/h14-15H,2-13,16-18H2,1H3/b15-14+. The number of carbonyl (C=O) groups excluding carboxylic acids is 2. The van der Waals surface area contributed by atoms with Crippen molar-refractivity contribution in [1.29, 1.82) is 0 Å². The summed E-state index contributed by atoms with van der Waals surface area (Å²) >= 11 is 5.58. The maximum absolute atomic E-state index is 11.5. The van der Waals surface area contributed by atoms with Gasteiger partial charge >= 0.3 is 11.9 Å². The Morgan fingerprint density at radius 2 is 1.08 bits per heavy atom. The van der Waals surface area contributed by atoms with Crippen LogP contribution >= 0.6 is 11.6 Å². The fourth-order valence-electron chi connectivity index (χ4n) is 2.36. The molecule has 0 amide bonds. The molecule has 0 unspecified atom stereocenters. The van der Waals surface area contributed by atoms with Crippen LogP contribution in [0.3, 0.4) is 0 Å². The summed E-state index contributed by atoms with van der Waals surface area (Å²) in [6, 6.07) is 0. The molecule has 0 aromatic carbocycles. The molecule has 0 atom stereocenters. The second-order valence-electron chi connectivity index (χ2n) is 6.25. The smallest absolute Gasteiger partial charge is 0.331 e. The van der Waals surface area contributed by atoms with Gasteiger partial charge in [0.2, 0.25) is 0 Å². The zero-order chi connectivity index (χ0) is 18.6. The van der Waals surface area contributed by atoms with Crippen molar-refractivity contribution in [3.05, 3.63) is 12.2 Å². The molecular weight excluding hydrogens is 340 g/mol. The van der Waals surface area contributed by atoms with Crippen LogP contribution in [-0.4, -0.2) is 31.0 Å². The topological polar surface area (TPSA) is 52.6 Å². The second kappa shape index (κ2) is 19.3. The highest BCUT2D eigenvalue weighted by atomic mass is 35.5. The number of hydrogen-bond acceptors (Lipinski definition) is 4. The largest absolute Gasteiger partial charge is 0.463 e. The van der Waals surface area contributed by atoms with Crippen LogP contribution in [0.1, 0.15) is 84.0 Å². The second-order valence-corrected chi connectivity index (χ2v) is 6.62. The van der Waals surface area contributed by atoms with Crippen LogP contribution < -0.4 is 0 Å². The molecule has 0 rings (SSSR count). The third kappa shape index (κ3) is 19.1. The van der Waals surface area contributed by atoms with Crippen LogP contribution in [-0.2, 0) is 19.1 Å². The number of hydrogen-bond donors (Lipinski definition) is 0. The van der Waals surface area contributed by atoms with E-state index in [9.17, 15) is 9.59 Å². The monoisotopic (exact) mass is 374 g/mol. The van der Waals surface area contributed by atoms with Gasteiger partial charge in [0.25, 0.3) is 0 Å². The van der Waals surface area contributed by atoms with Crippen molar-refractivity contribution in [1.82, 2.24) is 0 Å². The van der Waals surface area contributed by atoms with Crippen molar-refractivity contribution in [2.75, 3.05) is 19.1 Å². The minimum Gasteiger partial charge on any atom is -0.463 e. The number of rotatable bonds is 17. The maximum Gasteiger partial charge on any atom is 0.331 e. The molecule has 0 saturated carbocycles. The first kappa shape index (κ1) is 24.0. The average Bonchev–Trinajstić information content (AvgIpc) is 2.61. The third-order valence-electron chi connectivity index (χ3n) is 3.87. The molecule has 25 heavy (non-hydrogen) atoms. The van der Waals surface area contributed by atoms with Crippen LogP contribution in [0.2, 0.25) is 0 Å². The van der Waals surface area contributed by atoms with Gasteiger partial charge in [0.15, 0.2) is 0 Å². The number of ether oxygens (including phenoxy) is 2. The summed E-state index contributed by atoms with van der Waals surface area (Å²) in [4.78, 5) is 22.9. The van der Waals surface area contributed by atoms with E-state index in [-0.39, 0.29) is 0 Å². The molecule has 0 spiro atoms. The van der Waals surface area contributed by atoms with Gasteiger partial charge in [-0.3, -0.25) is 0 Å². The normalized spacial score (nSPS) is 11.0. The molecule has 5 heteroatoms. The minimum absolute atomic E-state index is 0.374. The summed E-state index contributed by atoms with van der Waals surface area (Å²) in [5.74, 6) is -0.313. The summed E-state index contributed by atoms with van der Waals surface area (Å²) < 4.78 is 10.1. The van der Waals surface area contributed by atoms with Gasteiger partial charge in [0.1, 0.15) is 0 Å². The number of carbonyl (C=O) groups is 2. The van der Waals surface area contributed by atoms with Crippen molar-refractivity contribution in [3.63, 3.8) is 0 Å². The zero-order valence-corrected chi connectivity index (χ0v) is 16.5. The molecule has 0 aromatic rings. The van der Waals surface area contributed by atoms with E-state index in [1.807, 2.05) is 0 Å². The summed E-state index contributed by atoms with van der Waals surface area (Å²) in [6.45, 7) is 3.00. The Labute approximate surface area is 158 Å². The fraction of sp³-hybridized carbons (Fsp3) is 0.800. The lowest BCUT2D eigenvalue weighted by atomic mass is 10.1. The molecule has 0 saturated heterocycles. The van der Waals surface area contributed by atoms with Crippen LogP contribution in [0.4, 0.5) is 0 Å². The Kier molecular flexibility index (Phi) is 18.5. The molecule has 0 aliphatic rings. The highest BCUT2D eigenvalue weighted by Crippen LogP contribution is 2.08. The molecule has 0 N–H and O–H groups in total. The fourth-order valence-corrected chi connectivity index (χ4v) is 2.55. The van der Waals surface area contributed by atoms with E-state index in [0.717, 1.165) is 50.7 Å². The number of esters is 2. The molecule has 0 heterocycles. The van der Waals surface area contributed by atoms with E-state index in [4.69, 9.17) is 21.1 Å². The van der Waals surface area contributed by atoms with Gasteiger partial charge in [-0.15, -0.1) is 11.6 Å². The summed E-state index contributed by atoms with van der Waals surface area (Å²) in [5.41, 5.74) is 0. The zero-order valence-electron chi connectivity index (χ0n) is 15.8. The molecule has 146 valence electrons. The molecular formula is C20H35ClO4. The van der Waals surface area contributed by atoms with E-state index in [1.54, 1.807) is 0 Å². The van der Waals surface area contributed by atoms with E-state index >= 15 is 0 Å². The third-order valence-corrected chi connectivity index (χ3v) is 4.14. The van der Waals surface area contributed by atoms with Gasteiger partial charge in [-0.2, -0.15) is 0 Å². The molecule has 0 radical (unpaired) electrons. The van der Waals surface area contributed by atoms with Gasteiger partial charge in [0.05, 0.1) is 13.2 Å². The molecule has 0 fully saturated rings. The highest BCUT2D eigenvalue weighted by Gasteiger charge is 2.01. The number of alkyl halides is 1. The van der Waals surface area contributed by atoms with Crippen LogP contribution in [0.25, 0.3) is 0 Å². The van der Waals surface area contributed by atoms with Crippen molar-refractivity contribution >= 4 is 23.5 Å². The van der Waals surface area contributed by atoms with Crippen LogP contribution in [0, 0.1) is 0 Å². The SMILES string of the molecule is CCCCCCCCCCOC(=O)/C=C/C(=O)OCCCCCCCl. The first-order chi connectivity index (χ1) is 12.2. The van der Waals surface area contributed by atoms with Gasteiger partial charge in [0, 0.05) is 18.0 Å². The number of halogens is 1. The van der Waals surface area contributed by atoms with Gasteiger partial charge < -0.3 is 9.47 Å². The first-order valence-corrected chi connectivity index (χ1v) is 10.3. The summed E-state index contributed by atoms with van der Waals surface area (Å²) in [5, 5.41) is 0. The van der Waals surface area contributed by atoms with Crippen LogP contribution in [0.5, 0.6) is 0 Å². The van der Waals surface area contributed by atoms with E-state index in [1.165, 1.54) is 38.5 Å². The Morgan fingerprint density at radius 3 is 1.52 bits per heavy atom. The molecule has 0 aromatic heterocycles. The predicted molar refractivity (Wildman–Crippen MR) is 103 cm³/mol. The quantitative estimate of drug-likeness (QED) is 0.144. The molecule has 0 aliphatic carbocycles. The van der Waals surface area contributed by atoms with Crippen molar-refractivity contribution in [2.45, 2.75) is 84.0 Å². The average molecular weight is 375 g/mol. The van der Waals surface area contributed by atoms with Crippen molar-refractivity contribution < 1.29 is 19.1 Å². The van der Waals surface area contributed by atoms with E-state index in [2.05, 4.69) is 6.92 Å². The van der Waals surface area contributed by atoms with Crippen LogP contribution in [0.15, 0.2) is 12.2 Å². The molecule has 0 bridgehead atoms. The van der Waals surface area contributed by atoms with Gasteiger partial charge in [-0.05, 0) is 19.3 Å². The number of unbranched alkanes of at least 4 members (excludes halogenated alkanes) is 10. The Hall–Kier alpha value is -1.03. The van der Waals surface area contributed by atoms with Crippen molar-refractivity contribution in [3.8, 4) is 0 Å². The van der Waals surface area contributed by atoms with Crippen molar-refractivity contribution in [2.24, 2.45) is 0 Å². The van der Waals surface area contributed by atoms with Gasteiger partial charge in [-0.1, -0.05) is 64.7 Å². The predicted octanol–water partition coefficient (Wildman–Crippen LogP) is 5.57. The maximum atomic E-state index is 11.5. The Morgan fingerprint density at radius 1 is 0.680 bits per heavy atom. The lowest BCUT2D eigenvalue weighted by Gasteiger charge is -2.03. The molecule has 4 nitrogen and oxygen atoms in total. The summed E-state index contributed by atoms with van der Waals surface area (Å²) in [6.07, 6.45) is 15.7. The lowest BCUT2D eigenvalue weighted by Crippen LogP contribution is -2.06. The molecule has 0 aliphatic heterocycles. The van der Waals surface area contributed by atoms with Gasteiger partial charge in [-0.25, -0.2) is 9.59 Å². The minimum atomic E-state index is -0.499. The summed E-state index contributed by atoms with van der Waals surface area (Å²) in [7, 11) is 0. The lowest BCUT2D eigenvalue weighted by molar-refractivity contribution is -0.140.